The summed E-state index contributed by atoms with van der Waals surface area (Å²) < 4.78 is 0. The Bertz CT molecular complexity index is 361. The van der Waals surface area contributed by atoms with Crippen molar-refractivity contribution >= 4 is 29.4 Å². The minimum atomic E-state index is -0.138. The summed E-state index contributed by atoms with van der Waals surface area (Å²) in [6, 6.07) is 0. The second-order valence-electron chi connectivity index (χ2n) is 2.23. The Kier molecular flexibility index (Phi) is 4.05. The maximum absolute atomic E-state index is 11.3. The molecule has 13 heavy (non-hydrogen) atoms. The molecule has 0 spiro atoms. The fraction of sp³-hybridized carbons (Fsp3) is 0.250. The second-order valence-corrected chi connectivity index (χ2v) is 3.34. The van der Waals surface area contributed by atoms with Crippen LogP contribution in [0.15, 0.2) is 22.2 Å². The zero-order valence-corrected chi connectivity index (χ0v) is 8.65. The molecule has 3 nitrogen and oxygen atoms in total. The van der Waals surface area contributed by atoms with Gasteiger partial charge in [-0.25, -0.2) is 4.98 Å². The highest BCUT2D eigenvalue weighted by molar-refractivity contribution is 7.98. The SMILES string of the molecule is CSc1ncc(C=CCCl)c(=O)[nH]1. The molecular formula is C8H9ClN2OS. The average molecular weight is 217 g/mol. The molecule has 0 radical (unpaired) electrons. The van der Waals surface area contributed by atoms with E-state index >= 15 is 0 Å². The minimum absolute atomic E-state index is 0.138. The molecule has 0 aliphatic heterocycles. The van der Waals surface area contributed by atoms with E-state index in [9.17, 15) is 4.79 Å². The first kappa shape index (κ1) is 10.3. The van der Waals surface area contributed by atoms with E-state index in [1.807, 2.05) is 6.26 Å². The number of hydrogen-bond acceptors (Lipinski definition) is 3. The van der Waals surface area contributed by atoms with Crippen LogP contribution in [0.2, 0.25) is 0 Å². The molecule has 0 aliphatic rings. The van der Waals surface area contributed by atoms with Crippen LogP contribution in [0.5, 0.6) is 0 Å². The molecule has 0 bridgehead atoms. The van der Waals surface area contributed by atoms with Crippen molar-refractivity contribution in [2.75, 3.05) is 12.1 Å². The van der Waals surface area contributed by atoms with Gasteiger partial charge in [0, 0.05) is 12.1 Å². The molecule has 5 heteroatoms. The normalized spacial score (nSPS) is 10.9. The van der Waals surface area contributed by atoms with Crippen molar-refractivity contribution in [1.82, 2.24) is 9.97 Å². The van der Waals surface area contributed by atoms with Gasteiger partial charge in [-0.05, 0) is 6.26 Å². The molecule has 1 heterocycles. The number of H-pyrrole nitrogens is 1. The predicted molar refractivity (Wildman–Crippen MR) is 56.4 cm³/mol. The standard InChI is InChI=1S/C8H9ClN2OS/c1-13-8-10-5-6(3-2-4-9)7(12)11-8/h2-3,5H,4H2,1H3,(H,10,11,12). The van der Waals surface area contributed by atoms with Crippen molar-refractivity contribution in [2.24, 2.45) is 0 Å². The van der Waals surface area contributed by atoms with E-state index in [1.54, 1.807) is 12.2 Å². The van der Waals surface area contributed by atoms with E-state index in [-0.39, 0.29) is 5.56 Å². The van der Waals surface area contributed by atoms with Gasteiger partial charge in [0.05, 0.1) is 5.56 Å². The van der Waals surface area contributed by atoms with Gasteiger partial charge in [-0.2, -0.15) is 0 Å². The van der Waals surface area contributed by atoms with E-state index < -0.39 is 0 Å². The van der Waals surface area contributed by atoms with E-state index in [0.717, 1.165) is 0 Å². The quantitative estimate of drug-likeness (QED) is 0.476. The maximum Gasteiger partial charge on any atom is 0.258 e. The third kappa shape index (κ3) is 2.90. The van der Waals surface area contributed by atoms with Crippen LogP contribution in [-0.2, 0) is 0 Å². The van der Waals surface area contributed by atoms with E-state index in [4.69, 9.17) is 11.6 Å². The fourth-order valence-electron chi connectivity index (χ4n) is 0.782. The number of aromatic nitrogens is 2. The minimum Gasteiger partial charge on any atom is -0.301 e. The Balaban J connectivity index is 2.99. The van der Waals surface area contributed by atoms with Crippen molar-refractivity contribution in [2.45, 2.75) is 5.16 Å². The Hall–Kier alpha value is -0.740. The largest absolute Gasteiger partial charge is 0.301 e. The zero-order valence-electron chi connectivity index (χ0n) is 7.08. The van der Waals surface area contributed by atoms with Crippen LogP contribution in [0, 0.1) is 0 Å². The molecule has 1 aromatic heterocycles. The van der Waals surface area contributed by atoms with Crippen LogP contribution < -0.4 is 5.56 Å². The molecule has 1 aromatic rings. The molecule has 1 N–H and O–H groups in total. The number of hydrogen-bond donors (Lipinski definition) is 1. The van der Waals surface area contributed by atoms with E-state index in [0.29, 0.717) is 16.6 Å². The van der Waals surface area contributed by atoms with Gasteiger partial charge in [0.1, 0.15) is 0 Å². The van der Waals surface area contributed by atoms with Gasteiger partial charge in [0.2, 0.25) is 0 Å². The lowest BCUT2D eigenvalue weighted by molar-refractivity contribution is 0.934. The number of allylic oxidation sites excluding steroid dienone is 1. The summed E-state index contributed by atoms with van der Waals surface area (Å²) in [5, 5.41) is 0.619. The van der Waals surface area contributed by atoms with Crippen molar-refractivity contribution in [3.63, 3.8) is 0 Å². The fourth-order valence-corrected chi connectivity index (χ4v) is 1.22. The van der Waals surface area contributed by atoms with Crippen molar-refractivity contribution in [1.29, 1.82) is 0 Å². The van der Waals surface area contributed by atoms with Gasteiger partial charge in [0.25, 0.3) is 5.56 Å². The second kappa shape index (κ2) is 5.09. The molecule has 70 valence electrons. The van der Waals surface area contributed by atoms with Gasteiger partial charge < -0.3 is 4.98 Å². The number of rotatable bonds is 3. The maximum atomic E-state index is 11.3. The molecular weight excluding hydrogens is 208 g/mol. The summed E-state index contributed by atoms with van der Waals surface area (Å²) in [4.78, 5) is 18.0. The van der Waals surface area contributed by atoms with Crippen LogP contribution in [0.1, 0.15) is 5.56 Å². The highest BCUT2D eigenvalue weighted by Crippen LogP contribution is 2.04. The Labute approximate surface area is 85.2 Å². The molecule has 0 saturated carbocycles. The first-order chi connectivity index (χ1) is 6.27. The highest BCUT2D eigenvalue weighted by atomic mass is 35.5. The Morgan fingerprint density at radius 1 is 1.77 bits per heavy atom. The van der Waals surface area contributed by atoms with Gasteiger partial charge in [-0.3, -0.25) is 4.79 Å². The molecule has 0 atom stereocenters. The van der Waals surface area contributed by atoms with Crippen molar-refractivity contribution < 1.29 is 0 Å². The number of thioether (sulfide) groups is 1. The summed E-state index contributed by atoms with van der Waals surface area (Å²) >= 11 is 6.84. The van der Waals surface area contributed by atoms with Crippen molar-refractivity contribution in [3.8, 4) is 0 Å². The zero-order chi connectivity index (χ0) is 9.68. The lowest BCUT2D eigenvalue weighted by atomic mass is 10.3. The number of aromatic amines is 1. The lowest BCUT2D eigenvalue weighted by Crippen LogP contribution is -2.10. The lowest BCUT2D eigenvalue weighted by Gasteiger charge is -1.95. The predicted octanol–water partition coefficient (Wildman–Crippen LogP) is 1.74. The van der Waals surface area contributed by atoms with Gasteiger partial charge >= 0.3 is 0 Å². The first-order valence-corrected chi connectivity index (χ1v) is 5.39. The summed E-state index contributed by atoms with van der Waals surface area (Å²) in [6.07, 6.45) is 6.75. The van der Waals surface area contributed by atoms with E-state index in [2.05, 4.69) is 9.97 Å². The number of alkyl halides is 1. The highest BCUT2D eigenvalue weighted by Gasteiger charge is 1.97. The number of halogens is 1. The number of nitrogens with one attached hydrogen (secondary N) is 1. The van der Waals surface area contributed by atoms with Crippen LogP contribution in [0.4, 0.5) is 0 Å². The van der Waals surface area contributed by atoms with Crippen LogP contribution in [0.25, 0.3) is 6.08 Å². The summed E-state index contributed by atoms with van der Waals surface area (Å²) in [6.45, 7) is 0. The third-order valence-electron chi connectivity index (χ3n) is 1.38. The van der Waals surface area contributed by atoms with Gasteiger partial charge in [-0.1, -0.05) is 23.9 Å². The Morgan fingerprint density at radius 2 is 2.54 bits per heavy atom. The van der Waals surface area contributed by atoms with Crippen LogP contribution >= 0.6 is 23.4 Å². The van der Waals surface area contributed by atoms with Crippen LogP contribution in [-0.4, -0.2) is 22.1 Å². The molecule has 0 saturated heterocycles. The smallest absolute Gasteiger partial charge is 0.258 e. The first-order valence-electron chi connectivity index (χ1n) is 3.63. The summed E-state index contributed by atoms with van der Waals surface area (Å²) in [7, 11) is 0. The molecule has 0 unspecified atom stereocenters. The topological polar surface area (TPSA) is 45.8 Å². The van der Waals surface area contributed by atoms with Crippen LogP contribution in [0.3, 0.4) is 0 Å². The molecule has 0 amide bonds. The van der Waals surface area contributed by atoms with Gasteiger partial charge in [0.15, 0.2) is 5.16 Å². The Morgan fingerprint density at radius 3 is 3.08 bits per heavy atom. The average Bonchev–Trinajstić information content (AvgIpc) is 2.16. The molecule has 0 aliphatic carbocycles. The number of nitrogens with zero attached hydrogens (tertiary/aromatic N) is 1. The van der Waals surface area contributed by atoms with Gasteiger partial charge in [-0.15, -0.1) is 11.6 Å². The molecule has 0 fully saturated rings. The van der Waals surface area contributed by atoms with Crippen molar-refractivity contribution in [3.05, 3.63) is 28.2 Å². The summed E-state index contributed by atoms with van der Waals surface area (Å²) in [5.41, 5.74) is 0.388. The third-order valence-corrected chi connectivity index (χ3v) is 2.16. The van der Waals surface area contributed by atoms with E-state index in [1.165, 1.54) is 18.0 Å². The molecule has 0 aromatic carbocycles. The molecule has 1 rings (SSSR count). The monoisotopic (exact) mass is 216 g/mol. The summed E-state index contributed by atoms with van der Waals surface area (Å²) in [5.74, 6) is 0.393.